The van der Waals surface area contributed by atoms with Crippen LogP contribution in [0.5, 0.6) is 0 Å². The maximum Gasteiger partial charge on any atom is 0.0731 e. The standard InChI is InChI=1S/C9H16N4/c1-10-8-3-2-4-9(7-8)13-11-5-6-12-13/h5-6,8-10H,2-4,7H2,1H3. The minimum absolute atomic E-state index is 0.501. The van der Waals surface area contributed by atoms with Crippen molar-refractivity contribution in [3.8, 4) is 0 Å². The van der Waals surface area contributed by atoms with Gasteiger partial charge >= 0.3 is 0 Å². The molecule has 0 bridgehead atoms. The molecule has 0 radical (unpaired) electrons. The Morgan fingerprint density at radius 1 is 1.31 bits per heavy atom. The number of rotatable bonds is 2. The van der Waals surface area contributed by atoms with Crippen molar-refractivity contribution in [2.75, 3.05) is 7.05 Å². The number of hydrogen-bond donors (Lipinski definition) is 1. The molecule has 2 unspecified atom stereocenters. The van der Waals surface area contributed by atoms with E-state index in [4.69, 9.17) is 0 Å². The van der Waals surface area contributed by atoms with Gasteiger partial charge in [-0.25, -0.2) is 0 Å². The maximum absolute atomic E-state index is 4.19. The summed E-state index contributed by atoms with van der Waals surface area (Å²) in [6.45, 7) is 0. The molecule has 1 aromatic heterocycles. The van der Waals surface area contributed by atoms with Crippen LogP contribution in [0.15, 0.2) is 12.4 Å². The molecule has 2 rings (SSSR count). The van der Waals surface area contributed by atoms with Crippen LogP contribution in [-0.4, -0.2) is 28.1 Å². The summed E-state index contributed by atoms with van der Waals surface area (Å²) in [5, 5.41) is 11.7. The van der Waals surface area contributed by atoms with Gasteiger partial charge in [-0.05, 0) is 32.7 Å². The lowest BCUT2D eigenvalue weighted by Crippen LogP contribution is -2.33. The van der Waals surface area contributed by atoms with Crippen LogP contribution >= 0.6 is 0 Å². The van der Waals surface area contributed by atoms with Crippen LogP contribution in [0, 0.1) is 0 Å². The van der Waals surface area contributed by atoms with Gasteiger partial charge in [0.15, 0.2) is 0 Å². The minimum Gasteiger partial charge on any atom is -0.317 e. The van der Waals surface area contributed by atoms with E-state index in [9.17, 15) is 0 Å². The highest BCUT2D eigenvalue weighted by molar-refractivity contribution is 4.79. The Hall–Kier alpha value is -0.900. The summed E-state index contributed by atoms with van der Waals surface area (Å²) in [5.41, 5.74) is 0. The summed E-state index contributed by atoms with van der Waals surface area (Å²) in [5.74, 6) is 0. The van der Waals surface area contributed by atoms with Gasteiger partial charge in [-0.15, -0.1) is 0 Å². The van der Waals surface area contributed by atoms with E-state index in [2.05, 4.69) is 15.5 Å². The Kier molecular flexibility index (Phi) is 2.59. The van der Waals surface area contributed by atoms with Gasteiger partial charge in [0, 0.05) is 6.04 Å². The number of aromatic nitrogens is 3. The first-order chi connectivity index (χ1) is 6.40. The molecule has 4 heteroatoms. The Balaban J connectivity index is 2.00. The Morgan fingerprint density at radius 2 is 2.08 bits per heavy atom. The van der Waals surface area contributed by atoms with Crippen molar-refractivity contribution in [2.45, 2.75) is 37.8 Å². The van der Waals surface area contributed by atoms with Crippen LogP contribution in [0.3, 0.4) is 0 Å². The van der Waals surface area contributed by atoms with Crippen molar-refractivity contribution < 1.29 is 0 Å². The molecule has 0 spiro atoms. The predicted octanol–water partition coefficient (Wildman–Crippen LogP) is 0.981. The summed E-state index contributed by atoms with van der Waals surface area (Å²) in [7, 11) is 2.03. The lowest BCUT2D eigenvalue weighted by Gasteiger charge is -2.27. The van der Waals surface area contributed by atoms with E-state index in [0.29, 0.717) is 12.1 Å². The zero-order valence-corrected chi connectivity index (χ0v) is 7.98. The third kappa shape index (κ3) is 1.88. The van der Waals surface area contributed by atoms with Crippen LogP contribution in [0.2, 0.25) is 0 Å². The van der Waals surface area contributed by atoms with Crippen molar-refractivity contribution in [3.05, 3.63) is 12.4 Å². The molecule has 0 amide bonds. The molecule has 1 aliphatic carbocycles. The van der Waals surface area contributed by atoms with E-state index < -0.39 is 0 Å². The molecule has 1 saturated carbocycles. The van der Waals surface area contributed by atoms with Crippen LogP contribution in [0.25, 0.3) is 0 Å². The first kappa shape index (κ1) is 8.69. The van der Waals surface area contributed by atoms with Gasteiger partial charge in [0.2, 0.25) is 0 Å². The molecular formula is C9H16N4. The SMILES string of the molecule is CNC1CCCC(n2nccn2)C1. The van der Waals surface area contributed by atoms with Gasteiger partial charge in [0.05, 0.1) is 18.4 Å². The number of hydrogen-bond acceptors (Lipinski definition) is 3. The second-order valence-electron chi connectivity index (χ2n) is 3.66. The Labute approximate surface area is 78.3 Å². The summed E-state index contributed by atoms with van der Waals surface area (Å²) in [4.78, 5) is 1.85. The van der Waals surface area contributed by atoms with Crippen molar-refractivity contribution in [3.63, 3.8) is 0 Å². The van der Waals surface area contributed by atoms with Gasteiger partial charge < -0.3 is 5.32 Å². The van der Waals surface area contributed by atoms with Crippen molar-refractivity contribution in [1.82, 2.24) is 20.3 Å². The molecular weight excluding hydrogens is 164 g/mol. The average Bonchev–Trinajstić information content (AvgIpc) is 2.71. The zero-order chi connectivity index (χ0) is 9.10. The van der Waals surface area contributed by atoms with Gasteiger partial charge in [-0.3, -0.25) is 0 Å². The van der Waals surface area contributed by atoms with Crippen molar-refractivity contribution >= 4 is 0 Å². The quantitative estimate of drug-likeness (QED) is 0.737. The summed E-state index contributed by atoms with van der Waals surface area (Å²) < 4.78 is 0. The molecule has 13 heavy (non-hydrogen) atoms. The normalized spacial score (nSPS) is 29.0. The molecule has 72 valence electrons. The van der Waals surface area contributed by atoms with E-state index in [1.54, 1.807) is 12.4 Å². The first-order valence-electron chi connectivity index (χ1n) is 4.93. The zero-order valence-electron chi connectivity index (χ0n) is 7.98. The molecule has 1 heterocycles. The molecule has 1 aliphatic rings. The van der Waals surface area contributed by atoms with Crippen LogP contribution in [0.1, 0.15) is 31.7 Å². The van der Waals surface area contributed by atoms with E-state index in [-0.39, 0.29) is 0 Å². The van der Waals surface area contributed by atoms with Crippen LogP contribution in [-0.2, 0) is 0 Å². The average molecular weight is 180 g/mol. The molecule has 0 saturated heterocycles. The minimum atomic E-state index is 0.501. The first-order valence-corrected chi connectivity index (χ1v) is 4.93. The molecule has 4 nitrogen and oxygen atoms in total. The highest BCUT2D eigenvalue weighted by Crippen LogP contribution is 2.26. The fourth-order valence-electron chi connectivity index (χ4n) is 2.05. The third-order valence-corrected chi connectivity index (χ3v) is 2.82. The van der Waals surface area contributed by atoms with Crippen LogP contribution < -0.4 is 5.32 Å². The van der Waals surface area contributed by atoms with Crippen molar-refractivity contribution in [2.24, 2.45) is 0 Å². The highest BCUT2D eigenvalue weighted by atomic mass is 15.5. The second kappa shape index (κ2) is 3.87. The Morgan fingerprint density at radius 3 is 2.77 bits per heavy atom. The second-order valence-corrected chi connectivity index (χ2v) is 3.66. The van der Waals surface area contributed by atoms with E-state index in [0.717, 1.165) is 6.42 Å². The number of nitrogens with one attached hydrogen (secondary N) is 1. The maximum atomic E-state index is 4.19. The van der Waals surface area contributed by atoms with Gasteiger partial charge in [0.25, 0.3) is 0 Å². The molecule has 0 aromatic carbocycles. The van der Waals surface area contributed by atoms with Gasteiger partial charge in [0.1, 0.15) is 0 Å². The summed E-state index contributed by atoms with van der Waals surface area (Å²) >= 11 is 0. The fourth-order valence-corrected chi connectivity index (χ4v) is 2.05. The van der Waals surface area contributed by atoms with Crippen LogP contribution in [0.4, 0.5) is 0 Å². The smallest absolute Gasteiger partial charge is 0.0731 e. The van der Waals surface area contributed by atoms with Gasteiger partial charge in [-0.1, -0.05) is 0 Å². The topological polar surface area (TPSA) is 42.7 Å². The molecule has 1 fully saturated rings. The predicted molar refractivity (Wildman–Crippen MR) is 50.4 cm³/mol. The molecule has 0 aliphatic heterocycles. The number of nitrogens with zero attached hydrogens (tertiary/aromatic N) is 3. The van der Waals surface area contributed by atoms with E-state index in [1.807, 2.05) is 11.8 Å². The molecule has 2 atom stereocenters. The molecule has 1 aromatic rings. The fraction of sp³-hybridized carbons (Fsp3) is 0.778. The summed E-state index contributed by atoms with van der Waals surface area (Å²) in [6, 6.07) is 1.14. The monoisotopic (exact) mass is 180 g/mol. The van der Waals surface area contributed by atoms with E-state index in [1.165, 1.54) is 19.3 Å². The lowest BCUT2D eigenvalue weighted by molar-refractivity contribution is 0.258. The molecule has 1 N–H and O–H groups in total. The third-order valence-electron chi connectivity index (χ3n) is 2.82. The van der Waals surface area contributed by atoms with Crippen molar-refractivity contribution in [1.29, 1.82) is 0 Å². The van der Waals surface area contributed by atoms with E-state index >= 15 is 0 Å². The lowest BCUT2D eigenvalue weighted by atomic mass is 9.91. The summed E-state index contributed by atoms with van der Waals surface area (Å²) in [6.07, 6.45) is 8.44. The van der Waals surface area contributed by atoms with Gasteiger partial charge in [-0.2, -0.15) is 15.0 Å². The largest absolute Gasteiger partial charge is 0.317 e. The Bertz CT molecular complexity index is 244. The highest BCUT2D eigenvalue weighted by Gasteiger charge is 2.22.